The van der Waals surface area contributed by atoms with Gasteiger partial charge in [-0.2, -0.15) is 5.10 Å². The summed E-state index contributed by atoms with van der Waals surface area (Å²) >= 11 is 5.98. The highest BCUT2D eigenvalue weighted by atomic mass is 35.5. The normalized spacial score (nSPS) is 16.2. The van der Waals surface area contributed by atoms with Crippen molar-refractivity contribution in [3.8, 4) is 0 Å². The molecule has 21 heavy (non-hydrogen) atoms. The Morgan fingerprint density at radius 1 is 1.43 bits per heavy atom. The number of hydrogen-bond acceptors (Lipinski definition) is 3. The van der Waals surface area contributed by atoms with Gasteiger partial charge in [-0.1, -0.05) is 18.5 Å². The first-order chi connectivity index (χ1) is 10.0. The summed E-state index contributed by atoms with van der Waals surface area (Å²) in [6.07, 6.45) is 3.68. The highest BCUT2D eigenvalue weighted by molar-refractivity contribution is 6.30. The average Bonchev–Trinajstić information content (AvgIpc) is 2.62. The molecule has 0 spiro atoms. The van der Waals surface area contributed by atoms with Crippen molar-refractivity contribution in [2.45, 2.75) is 26.2 Å². The number of halogens is 1. The molecule has 116 valence electrons. The van der Waals surface area contributed by atoms with Gasteiger partial charge in [-0.05, 0) is 12.8 Å². The Kier molecular flexibility index (Phi) is 5.22. The zero-order valence-electron chi connectivity index (χ0n) is 12.5. The Bertz CT molecular complexity index is 529. The summed E-state index contributed by atoms with van der Waals surface area (Å²) in [5, 5.41) is 4.36. The van der Waals surface area contributed by atoms with Crippen molar-refractivity contribution in [1.29, 1.82) is 0 Å². The Balaban J connectivity index is 1.99. The van der Waals surface area contributed by atoms with Gasteiger partial charge in [0.05, 0.1) is 13.0 Å². The third-order valence-corrected chi connectivity index (χ3v) is 3.89. The lowest BCUT2D eigenvalue weighted by Gasteiger charge is -2.21. The second-order valence-electron chi connectivity index (χ2n) is 5.35. The fraction of sp³-hybridized carbons (Fsp3) is 0.643. The lowest BCUT2D eigenvalue weighted by molar-refractivity contribution is -0.138. The van der Waals surface area contributed by atoms with Crippen molar-refractivity contribution in [1.82, 2.24) is 19.6 Å². The first-order valence-electron chi connectivity index (χ1n) is 7.24. The molecule has 0 atom stereocenters. The molecule has 1 aliphatic heterocycles. The molecule has 0 bridgehead atoms. The van der Waals surface area contributed by atoms with E-state index in [2.05, 4.69) is 5.10 Å². The molecule has 7 heteroatoms. The van der Waals surface area contributed by atoms with Gasteiger partial charge in [-0.3, -0.25) is 14.3 Å². The van der Waals surface area contributed by atoms with Crippen molar-refractivity contribution in [3.05, 3.63) is 16.9 Å². The van der Waals surface area contributed by atoms with Gasteiger partial charge in [0.2, 0.25) is 11.8 Å². The quantitative estimate of drug-likeness (QED) is 0.836. The third-order valence-electron chi connectivity index (χ3n) is 3.58. The van der Waals surface area contributed by atoms with Gasteiger partial charge in [0.1, 0.15) is 0 Å². The minimum absolute atomic E-state index is 0.0278. The van der Waals surface area contributed by atoms with Crippen molar-refractivity contribution in [2.75, 3.05) is 26.2 Å². The van der Waals surface area contributed by atoms with Gasteiger partial charge in [0.15, 0.2) is 5.15 Å². The van der Waals surface area contributed by atoms with Crippen LogP contribution in [0.5, 0.6) is 0 Å². The van der Waals surface area contributed by atoms with Crippen molar-refractivity contribution >= 4 is 23.4 Å². The molecule has 0 aromatic carbocycles. The monoisotopic (exact) mass is 312 g/mol. The summed E-state index contributed by atoms with van der Waals surface area (Å²) in [6, 6.07) is 0. The summed E-state index contributed by atoms with van der Waals surface area (Å²) < 4.78 is 1.58. The molecule has 1 aromatic rings. The Labute approximate surface area is 129 Å². The van der Waals surface area contributed by atoms with E-state index in [0.717, 1.165) is 25.9 Å². The number of carbonyl (C=O) groups excluding carboxylic acids is 2. The maximum atomic E-state index is 12.4. The van der Waals surface area contributed by atoms with E-state index in [1.807, 2.05) is 11.8 Å². The Morgan fingerprint density at radius 3 is 2.81 bits per heavy atom. The number of rotatable bonds is 4. The second-order valence-corrected chi connectivity index (χ2v) is 5.70. The molecule has 0 unspecified atom stereocenters. The highest BCUT2D eigenvalue weighted by Gasteiger charge is 2.25. The predicted octanol–water partition coefficient (Wildman–Crippen LogP) is 1.09. The lowest BCUT2D eigenvalue weighted by atomic mass is 10.2. The molecular weight excluding hydrogens is 292 g/mol. The zero-order chi connectivity index (χ0) is 15.4. The molecule has 1 aliphatic rings. The van der Waals surface area contributed by atoms with Crippen LogP contribution >= 0.6 is 11.6 Å². The van der Waals surface area contributed by atoms with Crippen LogP contribution in [0.2, 0.25) is 5.15 Å². The van der Waals surface area contributed by atoms with Gasteiger partial charge in [0, 0.05) is 38.4 Å². The molecule has 6 nitrogen and oxygen atoms in total. The number of carbonyl (C=O) groups is 2. The van der Waals surface area contributed by atoms with Crippen molar-refractivity contribution in [3.63, 3.8) is 0 Å². The summed E-state index contributed by atoms with van der Waals surface area (Å²) in [5.41, 5.74) is 0.700. The summed E-state index contributed by atoms with van der Waals surface area (Å²) in [6.45, 7) is 4.31. The number of aromatic nitrogens is 2. The maximum absolute atomic E-state index is 12.4. The molecular formula is C14H21ClN4O2. The zero-order valence-corrected chi connectivity index (χ0v) is 13.3. The van der Waals surface area contributed by atoms with E-state index in [-0.39, 0.29) is 24.8 Å². The summed E-state index contributed by atoms with van der Waals surface area (Å²) in [7, 11) is 1.76. The Morgan fingerprint density at radius 2 is 2.19 bits per heavy atom. The number of amides is 2. The minimum atomic E-state index is -0.0726. The van der Waals surface area contributed by atoms with E-state index in [9.17, 15) is 9.59 Å². The molecule has 0 N–H and O–H groups in total. The van der Waals surface area contributed by atoms with Crippen molar-refractivity contribution in [2.24, 2.45) is 7.05 Å². The van der Waals surface area contributed by atoms with Crippen LogP contribution in [-0.4, -0.2) is 57.6 Å². The molecule has 0 radical (unpaired) electrons. The van der Waals surface area contributed by atoms with E-state index in [4.69, 9.17) is 11.6 Å². The first kappa shape index (κ1) is 15.8. The van der Waals surface area contributed by atoms with Crippen LogP contribution in [0, 0.1) is 0 Å². The van der Waals surface area contributed by atoms with Crippen LogP contribution in [0.25, 0.3) is 0 Å². The standard InChI is InChI=1S/C14H21ClN4O2/c1-3-5-18-6-4-7-19(10-13(18)21)12(20)8-11-9-17(2)16-14(11)15/h9H,3-8,10H2,1-2H3. The fourth-order valence-electron chi connectivity index (χ4n) is 2.54. The SMILES string of the molecule is CCCN1CCCN(C(=O)Cc2cn(C)nc2Cl)CC1=O. The van der Waals surface area contributed by atoms with Crippen LogP contribution in [-0.2, 0) is 23.1 Å². The molecule has 0 aliphatic carbocycles. The third kappa shape index (κ3) is 3.97. The van der Waals surface area contributed by atoms with Gasteiger partial charge in [0.25, 0.3) is 0 Å². The average molecular weight is 313 g/mol. The topological polar surface area (TPSA) is 58.4 Å². The van der Waals surface area contributed by atoms with Gasteiger partial charge in [-0.15, -0.1) is 0 Å². The highest BCUT2D eigenvalue weighted by Crippen LogP contribution is 2.15. The molecule has 1 saturated heterocycles. The van der Waals surface area contributed by atoms with Crippen LogP contribution < -0.4 is 0 Å². The molecule has 2 heterocycles. The van der Waals surface area contributed by atoms with E-state index < -0.39 is 0 Å². The van der Waals surface area contributed by atoms with E-state index in [1.54, 1.807) is 22.8 Å². The smallest absolute Gasteiger partial charge is 0.242 e. The molecule has 2 rings (SSSR count). The fourth-order valence-corrected chi connectivity index (χ4v) is 2.78. The van der Waals surface area contributed by atoms with E-state index >= 15 is 0 Å². The van der Waals surface area contributed by atoms with Crippen LogP contribution in [0.1, 0.15) is 25.3 Å². The number of nitrogens with zero attached hydrogens (tertiary/aromatic N) is 4. The molecule has 1 fully saturated rings. The second kappa shape index (κ2) is 6.93. The van der Waals surface area contributed by atoms with Crippen LogP contribution in [0.4, 0.5) is 0 Å². The Hall–Kier alpha value is -1.56. The van der Waals surface area contributed by atoms with Gasteiger partial charge >= 0.3 is 0 Å². The number of hydrogen-bond donors (Lipinski definition) is 0. The maximum Gasteiger partial charge on any atom is 0.242 e. The summed E-state index contributed by atoms with van der Waals surface area (Å²) in [4.78, 5) is 27.9. The number of aryl methyl sites for hydroxylation is 1. The molecule has 0 saturated carbocycles. The van der Waals surface area contributed by atoms with Crippen molar-refractivity contribution < 1.29 is 9.59 Å². The van der Waals surface area contributed by atoms with E-state index in [0.29, 0.717) is 17.3 Å². The lowest BCUT2D eigenvalue weighted by Crippen LogP contribution is -2.40. The molecule has 2 amide bonds. The first-order valence-corrected chi connectivity index (χ1v) is 7.62. The van der Waals surface area contributed by atoms with E-state index in [1.165, 1.54) is 0 Å². The molecule has 1 aromatic heterocycles. The van der Waals surface area contributed by atoms with Crippen LogP contribution in [0.3, 0.4) is 0 Å². The van der Waals surface area contributed by atoms with Gasteiger partial charge < -0.3 is 9.80 Å². The predicted molar refractivity (Wildman–Crippen MR) is 80.0 cm³/mol. The largest absolute Gasteiger partial charge is 0.341 e. The van der Waals surface area contributed by atoms with Gasteiger partial charge in [-0.25, -0.2) is 0 Å². The minimum Gasteiger partial charge on any atom is -0.341 e. The van der Waals surface area contributed by atoms with Crippen LogP contribution in [0.15, 0.2) is 6.20 Å². The summed E-state index contributed by atoms with van der Waals surface area (Å²) in [5.74, 6) is -0.0448.